The molecule has 1 aromatic carbocycles. The molecule has 3 heteroatoms. The molecule has 1 aliphatic carbocycles. The van der Waals surface area contributed by atoms with E-state index in [2.05, 4.69) is 37.4 Å². The Balaban J connectivity index is 1.76. The first kappa shape index (κ1) is 18.3. The molecule has 1 aliphatic rings. The molecule has 0 heterocycles. The van der Waals surface area contributed by atoms with Crippen LogP contribution in [0.25, 0.3) is 0 Å². The van der Waals surface area contributed by atoms with E-state index in [1.54, 1.807) is 0 Å². The van der Waals surface area contributed by atoms with Gasteiger partial charge < -0.3 is 15.2 Å². The molecule has 1 fully saturated rings. The van der Waals surface area contributed by atoms with Gasteiger partial charge >= 0.3 is 0 Å². The van der Waals surface area contributed by atoms with Crippen LogP contribution in [0, 0.1) is 0 Å². The minimum Gasteiger partial charge on any atom is -0.493 e. The Hall–Kier alpha value is -1.06. The van der Waals surface area contributed by atoms with Crippen LogP contribution in [0.5, 0.6) is 5.75 Å². The van der Waals surface area contributed by atoms with Crippen molar-refractivity contribution < 1.29 is 9.84 Å². The predicted molar refractivity (Wildman–Crippen MR) is 96.0 cm³/mol. The Morgan fingerprint density at radius 1 is 1.22 bits per heavy atom. The first-order chi connectivity index (χ1) is 11.1. The van der Waals surface area contributed by atoms with Gasteiger partial charge in [0.15, 0.2) is 0 Å². The maximum atomic E-state index is 10.6. The summed E-state index contributed by atoms with van der Waals surface area (Å²) >= 11 is 0. The fourth-order valence-electron chi connectivity index (χ4n) is 3.29. The second-order valence-electron chi connectivity index (χ2n) is 7.06. The smallest absolute Gasteiger partial charge is 0.122 e. The third-order valence-electron chi connectivity index (χ3n) is 4.84. The molecule has 1 atom stereocenters. The maximum absolute atomic E-state index is 10.6. The highest BCUT2D eigenvalue weighted by Crippen LogP contribution is 2.27. The van der Waals surface area contributed by atoms with Gasteiger partial charge in [-0.3, -0.25) is 0 Å². The molecular formula is C20H33NO2. The van der Waals surface area contributed by atoms with Crippen molar-refractivity contribution in [2.75, 3.05) is 13.2 Å². The zero-order chi connectivity index (χ0) is 16.5. The van der Waals surface area contributed by atoms with Crippen LogP contribution in [0.3, 0.4) is 0 Å². The van der Waals surface area contributed by atoms with Crippen LogP contribution < -0.4 is 10.1 Å². The van der Waals surface area contributed by atoms with Crippen molar-refractivity contribution in [1.29, 1.82) is 0 Å². The number of hydrogen-bond acceptors (Lipinski definition) is 3. The lowest BCUT2D eigenvalue weighted by Crippen LogP contribution is -2.45. The highest BCUT2D eigenvalue weighted by atomic mass is 16.5. The predicted octanol–water partition coefficient (Wildman–Crippen LogP) is 4.08. The number of hydrogen-bond donors (Lipinski definition) is 2. The first-order valence-electron chi connectivity index (χ1n) is 9.29. The van der Waals surface area contributed by atoms with E-state index in [9.17, 15) is 5.11 Å². The maximum Gasteiger partial charge on any atom is 0.122 e. The van der Waals surface area contributed by atoms with Crippen LogP contribution in [-0.2, 0) is 6.42 Å². The number of benzene rings is 1. The van der Waals surface area contributed by atoms with E-state index in [-0.39, 0.29) is 0 Å². The summed E-state index contributed by atoms with van der Waals surface area (Å²) in [5.41, 5.74) is 0.806. The second kappa shape index (κ2) is 9.29. The Morgan fingerprint density at radius 3 is 2.70 bits per heavy atom. The second-order valence-corrected chi connectivity index (χ2v) is 7.06. The highest BCUT2D eigenvalue weighted by molar-refractivity contribution is 5.33. The third kappa shape index (κ3) is 6.15. The minimum atomic E-state index is -0.478. The lowest BCUT2D eigenvalue weighted by atomic mass is 9.84. The topological polar surface area (TPSA) is 41.5 Å². The van der Waals surface area contributed by atoms with Crippen LogP contribution >= 0.6 is 0 Å². The molecule has 23 heavy (non-hydrogen) atoms. The van der Waals surface area contributed by atoms with Crippen LogP contribution in [0.4, 0.5) is 0 Å². The fraction of sp³-hybridized carbons (Fsp3) is 0.700. The summed E-state index contributed by atoms with van der Waals surface area (Å²) in [5.74, 6) is 1.02. The monoisotopic (exact) mass is 319 g/mol. The third-order valence-corrected chi connectivity index (χ3v) is 4.84. The van der Waals surface area contributed by atoms with Crippen molar-refractivity contribution in [1.82, 2.24) is 5.32 Å². The zero-order valence-corrected chi connectivity index (χ0v) is 14.8. The number of ether oxygens (including phenoxy) is 1. The number of aliphatic hydroxyl groups is 1. The van der Waals surface area contributed by atoms with Gasteiger partial charge in [0.2, 0.25) is 0 Å². The summed E-state index contributed by atoms with van der Waals surface area (Å²) in [4.78, 5) is 0. The van der Waals surface area contributed by atoms with E-state index in [0.29, 0.717) is 6.04 Å². The molecule has 1 saturated carbocycles. The molecule has 1 aromatic rings. The molecule has 130 valence electrons. The van der Waals surface area contributed by atoms with Crippen molar-refractivity contribution >= 4 is 0 Å². The molecule has 2 rings (SSSR count). The average molecular weight is 319 g/mol. The van der Waals surface area contributed by atoms with E-state index in [0.717, 1.165) is 63.8 Å². The standard InChI is InChI=1S/C20H33NO2/c1-3-15-23-19-10-6-5-9-18(19)12-11-17(2)21-16-20(22)13-7-4-8-14-20/h5-6,9-10,17,21-22H,3-4,7-8,11-16H2,1-2H3. The fourth-order valence-corrected chi connectivity index (χ4v) is 3.29. The van der Waals surface area contributed by atoms with Gasteiger partial charge in [-0.05, 0) is 50.7 Å². The summed E-state index contributed by atoms with van der Waals surface area (Å²) in [6.07, 6.45) is 8.58. The molecule has 2 N–H and O–H groups in total. The molecule has 0 bridgehead atoms. The van der Waals surface area contributed by atoms with E-state index in [4.69, 9.17) is 4.74 Å². The molecule has 0 radical (unpaired) electrons. The van der Waals surface area contributed by atoms with E-state index >= 15 is 0 Å². The summed E-state index contributed by atoms with van der Waals surface area (Å²) in [6, 6.07) is 8.74. The molecule has 0 aromatic heterocycles. The Kier molecular flexibility index (Phi) is 7.38. The minimum absolute atomic E-state index is 0.403. The molecule has 1 unspecified atom stereocenters. The molecular weight excluding hydrogens is 286 g/mol. The molecule has 0 amide bonds. The SMILES string of the molecule is CCCOc1ccccc1CCC(C)NCC1(O)CCCCC1. The number of rotatable bonds is 9. The lowest BCUT2D eigenvalue weighted by molar-refractivity contribution is 0.00287. The largest absolute Gasteiger partial charge is 0.493 e. The van der Waals surface area contributed by atoms with Crippen molar-refractivity contribution in [3.8, 4) is 5.75 Å². The molecule has 0 saturated heterocycles. The van der Waals surface area contributed by atoms with Crippen molar-refractivity contribution in [2.45, 2.75) is 76.9 Å². The van der Waals surface area contributed by atoms with Crippen molar-refractivity contribution in [3.05, 3.63) is 29.8 Å². The van der Waals surface area contributed by atoms with Gasteiger partial charge in [0.1, 0.15) is 5.75 Å². The van der Waals surface area contributed by atoms with Crippen LogP contribution in [0.15, 0.2) is 24.3 Å². The Bertz CT molecular complexity index is 455. The number of aryl methyl sites for hydroxylation is 1. The van der Waals surface area contributed by atoms with Gasteiger partial charge in [0.05, 0.1) is 12.2 Å². The van der Waals surface area contributed by atoms with Gasteiger partial charge in [-0.2, -0.15) is 0 Å². The normalized spacial score (nSPS) is 18.6. The van der Waals surface area contributed by atoms with Gasteiger partial charge in [-0.25, -0.2) is 0 Å². The highest BCUT2D eigenvalue weighted by Gasteiger charge is 2.28. The van der Waals surface area contributed by atoms with Crippen LogP contribution in [0.1, 0.15) is 64.4 Å². The van der Waals surface area contributed by atoms with Crippen molar-refractivity contribution in [2.24, 2.45) is 0 Å². The summed E-state index contributed by atoms with van der Waals surface area (Å²) in [7, 11) is 0. The molecule has 0 spiro atoms. The number of para-hydroxylation sites is 1. The Labute approximate surface area is 141 Å². The zero-order valence-electron chi connectivity index (χ0n) is 14.8. The number of nitrogens with one attached hydrogen (secondary N) is 1. The van der Waals surface area contributed by atoms with Gasteiger partial charge in [0, 0.05) is 12.6 Å². The van der Waals surface area contributed by atoms with Gasteiger partial charge in [-0.15, -0.1) is 0 Å². The summed E-state index contributed by atoms with van der Waals surface area (Å²) < 4.78 is 5.83. The summed E-state index contributed by atoms with van der Waals surface area (Å²) in [5, 5.41) is 14.1. The summed E-state index contributed by atoms with van der Waals surface area (Å²) in [6.45, 7) is 5.84. The van der Waals surface area contributed by atoms with Crippen LogP contribution in [-0.4, -0.2) is 29.9 Å². The van der Waals surface area contributed by atoms with Crippen LogP contribution in [0.2, 0.25) is 0 Å². The molecule has 0 aliphatic heterocycles. The molecule has 3 nitrogen and oxygen atoms in total. The first-order valence-corrected chi connectivity index (χ1v) is 9.29. The Morgan fingerprint density at radius 2 is 1.96 bits per heavy atom. The lowest BCUT2D eigenvalue weighted by Gasteiger charge is -2.33. The van der Waals surface area contributed by atoms with E-state index in [1.807, 2.05) is 6.07 Å². The van der Waals surface area contributed by atoms with Gasteiger partial charge in [-0.1, -0.05) is 44.4 Å². The van der Waals surface area contributed by atoms with Gasteiger partial charge in [0.25, 0.3) is 0 Å². The average Bonchev–Trinajstić information content (AvgIpc) is 2.58. The van der Waals surface area contributed by atoms with Crippen molar-refractivity contribution in [3.63, 3.8) is 0 Å². The quantitative estimate of drug-likeness (QED) is 0.720. The van der Waals surface area contributed by atoms with E-state index in [1.165, 1.54) is 12.0 Å². The van der Waals surface area contributed by atoms with E-state index < -0.39 is 5.60 Å².